The smallest absolute Gasteiger partial charge is 0.124 e. The monoisotopic (exact) mass is 238 g/mol. The number of ether oxygens (including phenoxy) is 1. The van der Waals surface area contributed by atoms with Gasteiger partial charge in [-0.3, -0.25) is 0 Å². The number of hydrogen-bond donors (Lipinski definition) is 1. The van der Waals surface area contributed by atoms with Crippen molar-refractivity contribution in [2.45, 2.75) is 6.42 Å². The Bertz CT molecular complexity index is 618. The minimum absolute atomic E-state index is 0.645. The van der Waals surface area contributed by atoms with Gasteiger partial charge in [-0.05, 0) is 17.7 Å². The number of amidine groups is 1. The minimum atomic E-state index is 0.645. The number of nitrogens with two attached hydrogens (primary N) is 1. The lowest BCUT2D eigenvalue weighted by atomic mass is 9.99. The topological polar surface area (TPSA) is 47.6 Å². The van der Waals surface area contributed by atoms with Crippen molar-refractivity contribution in [3.05, 3.63) is 48.0 Å². The maximum Gasteiger partial charge on any atom is 0.124 e. The number of fused-ring (bicyclic) bond motifs is 1. The van der Waals surface area contributed by atoms with Crippen LogP contribution in [0.2, 0.25) is 0 Å². The molecule has 0 spiro atoms. The lowest BCUT2D eigenvalue weighted by molar-refractivity contribution is 0.411. The summed E-state index contributed by atoms with van der Waals surface area (Å²) < 4.78 is 5.37. The molecule has 0 saturated heterocycles. The predicted octanol–water partition coefficient (Wildman–Crippen LogP) is 2.91. The maximum atomic E-state index is 5.85. The van der Waals surface area contributed by atoms with Crippen LogP contribution in [-0.4, -0.2) is 12.9 Å². The van der Waals surface area contributed by atoms with E-state index >= 15 is 0 Å². The zero-order chi connectivity index (χ0) is 12.5. The Hall–Kier alpha value is -2.29. The van der Waals surface area contributed by atoms with E-state index in [1.165, 1.54) is 0 Å². The molecule has 0 saturated carbocycles. The summed E-state index contributed by atoms with van der Waals surface area (Å²) in [5.74, 6) is 1.50. The molecule has 0 atom stereocenters. The van der Waals surface area contributed by atoms with Gasteiger partial charge >= 0.3 is 0 Å². The number of hydrogen-bond acceptors (Lipinski definition) is 3. The molecule has 0 amide bonds. The van der Waals surface area contributed by atoms with Gasteiger partial charge < -0.3 is 10.5 Å². The fourth-order valence-corrected chi connectivity index (χ4v) is 2.32. The van der Waals surface area contributed by atoms with Crippen LogP contribution in [0.25, 0.3) is 11.1 Å². The fourth-order valence-electron chi connectivity index (χ4n) is 2.32. The Labute approximate surface area is 106 Å². The molecule has 0 bridgehead atoms. The van der Waals surface area contributed by atoms with E-state index in [2.05, 4.69) is 17.1 Å². The summed E-state index contributed by atoms with van der Waals surface area (Å²) in [4.78, 5) is 4.45. The van der Waals surface area contributed by atoms with Crippen molar-refractivity contribution < 1.29 is 4.74 Å². The molecule has 1 aliphatic rings. The van der Waals surface area contributed by atoms with Gasteiger partial charge in [0.2, 0.25) is 0 Å². The van der Waals surface area contributed by atoms with Crippen molar-refractivity contribution in [3.63, 3.8) is 0 Å². The Kier molecular flexibility index (Phi) is 2.52. The average molecular weight is 238 g/mol. The van der Waals surface area contributed by atoms with E-state index in [1.54, 1.807) is 7.11 Å². The fraction of sp³-hybridized carbons (Fsp3) is 0.133. The van der Waals surface area contributed by atoms with Gasteiger partial charge in [-0.15, -0.1) is 0 Å². The highest BCUT2D eigenvalue weighted by Gasteiger charge is 2.20. The van der Waals surface area contributed by atoms with E-state index in [0.29, 0.717) is 12.3 Å². The molecule has 3 rings (SSSR count). The molecule has 3 nitrogen and oxygen atoms in total. The average Bonchev–Trinajstić information content (AvgIpc) is 2.80. The van der Waals surface area contributed by atoms with Crippen molar-refractivity contribution in [2.75, 3.05) is 7.11 Å². The van der Waals surface area contributed by atoms with Crippen LogP contribution in [0.4, 0.5) is 5.69 Å². The van der Waals surface area contributed by atoms with Crippen molar-refractivity contribution in [1.82, 2.24) is 0 Å². The Morgan fingerprint density at radius 3 is 2.61 bits per heavy atom. The first kappa shape index (κ1) is 10.8. The third kappa shape index (κ3) is 1.64. The maximum absolute atomic E-state index is 5.85. The van der Waals surface area contributed by atoms with Crippen molar-refractivity contribution in [2.24, 2.45) is 10.7 Å². The van der Waals surface area contributed by atoms with Crippen LogP contribution < -0.4 is 10.5 Å². The lowest BCUT2D eigenvalue weighted by Gasteiger charge is -2.10. The first-order chi connectivity index (χ1) is 8.79. The normalized spacial score (nSPS) is 13.1. The number of nitrogens with zero attached hydrogens (tertiary/aromatic N) is 1. The first-order valence-corrected chi connectivity index (χ1v) is 5.88. The zero-order valence-electron chi connectivity index (χ0n) is 10.2. The number of aliphatic imine (C=N–C) groups is 1. The minimum Gasteiger partial charge on any atom is -0.496 e. The van der Waals surface area contributed by atoms with Crippen LogP contribution >= 0.6 is 0 Å². The van der Waals surface area contributed by atoms with E-state index in [4.69, 9.17) is 10.5 Å². The first-order valence-electron chi connectivity index (χ1n) is 5.88. The second-order valence-corrected chi connectivity index (χ2v) is 4.29. The van der Waals surface area contributed by atoms with E-state index in [-0.39, 0.29) is 0 Å². The van der Waals surface area contributed by atoms with Crippen molar-refractivity contribution >= 4 is 11.5 Å². The van der Waals surface area contributed by atoms with Gasteiger partial charge in [0.1, 0.15) is 11.6 Å². The van der Waals surface area contributed by atoms with Crippen LogP contribution in [-0.2, 0) is 6.42 Å². The molecule has 0 radical (unpaired) electrons. The molecule has 2 aromatic rings. The van der Waals surface area contributed by atoms with E-state index in [1.807, 2.05) is 30.3 Å². The molecule has 90 valence electrons. The molecule has 0 unspecified atom stereocenters. The van der Waals surface area contributed by atoms with Crippen LogP contribution in [0.5, 0.6) is 5.75 Å². The van der Waals surface area contributed by atoms with Gasteiger partial charge in [0, 0.05) is 17.5 Å². The summed E-state index contributed by atoms with van der Waals surface area (Å²) in [6.07, 6.45) is 0.666. The quantitative estimate of drug-likeness (QED) is 0.874. The van der Waals surface area contributed by atoms with Gasteiger partial charge in [-0.25, -0.2) is 4.99 Å². The molecule has 18 heavy (non-hydrogen) atoms. The van der Waals surface area contributed by atoms with Crippen LogP contribution in [0.1, 0.15) is 5.56 Å². The summed E-state index contributed by atoms with van der Waals surface area (Å²) >= 11 is 0. The third-order valence-electron chi connectivity index (χ3n) is 3.16. The van der Waals surface area contributed by atoms with E-state index < -0.39 is 0 Å². The van der Waals surface area contributed by atoms with Gasteiger partial charge in [0.25, 0.3) is 0 Å². The molecule has 0 fully saturated rings. The summed E-state index contributed by atoms with van der Waals surface area (Å²) in [5, 5.41) is 0. The second-order valence-electron chi connectivity index (χ2n) is 4.29. The molecule has 0 aliphatic carbocycles. The lowest BCUT2D eigenvalue weighted by Crippen LogP contribution is -2.10. The molecule has 0 aromatic heterocycles. The second kappa shape index (κ2) is 4.18. The Balaban J connectivity index is 2.21. The van der Waals surface area contributed by atoms with Crippen molar-refractivity contribution in [1.29, 1.82) is 0 Å². The molecule has 1 heterocycles. The number of rotatable bonds is 2. The summed E-state index contributed by atoms with van der Waals surface area (Å²) in [6.45, 7) is 0. The molecule has 3 heteroatoms. The SMILES string of the molecule is COc1ccc(-c2ccccc2)c2c1CC(N)=N2. The summed E-state index contributed by atoms with van der Waals surface area (Å²) in [7, 11) is 1.67. The number of benzene rings is 2. The highest BCUT2D eigenvalue weighted by Crippen LogP contribution is 2.41. The van der Waals surface area contributed by atoms with Crippen LogP contribution in [0, 0.1) is 0 Å². The van der Waals surface area contributed by atoms with Crippen LogP contribution in [0.15, 0.2) is 47.5 Å². The summed E-state index contributed by atoms with van der Waals surface area (Å²) in [5.41, 5.74) is 10.1. The van der Waals surface area contributed by atoms with Gasteiger partial charge in [-0.2, -0.15) is 0 Å². The zero-order valence-corrected chi connectivity index (χ0v) is 10.2. The predicted molar refractivity (Wildman–Crippen MR) is 73.4 cm³/mol. The molecule has 2 N–H and O–H groups in total. The van der Waals surface area contributed by atoms with Crippen LogP contribution in [0.3, 0.4) is 0 Å². The van der Waals surface area contributed by atoms with Gasteiger partial charge in [0.15, 0.2) is 0 Å². The van der Waals surface area contributed by atoms with Gasteiger partial charge in [0.05, 0.1) is 12.8 Å². The highest BCUT2D eigenvalue weighted by atomic mass is 16.5. The Morgan fingerprint density at radius 2 is 1.89 bits per heavy atom. The largest absolute Gasteiger partial charge is 0.496 e. The third-order valence-corrected chi connectivity index (χ3v) is 3.16. The standard InChI is InChI=1S/C15H14N2O/c1-18-13-8-7-11(10-5-3-2-4-6-10)15-12(13)9-14(16)17-15/h2-8H,9H2,1H3,(H2,16,17). The van der Waals surface area contributed by atoms with Crippen molar-refractivity contribution in [3.8, 4) is 16.9 Å². The molecular formula is C15H14N2O. The molecule has 1 aliphatic heterocycles. The molecular weight excluding hydrogens is 224 g/mol. The number of methoxy groups -OCH3 is 1. The van der Waals surface area contributed by atoms with E-state index in [9.17, 15) is 0 Å². The highest BCUT2D eigenvalue weighted by molar-refractivity contribution is 5.96. The molecule has 2 aromatic carbocycles. The Morgan fingerprint density at radius 1 is 1.11 bits per heavy atom. The van der Waals surface area contributed by atoms with E-state index in [0.717, 1.165) is 28.1 Å². The van der Waals surface area contributed by atoms with Gasteiger partial charge in [-0.1, -0.05) is 30.3 Å². The summed E-state index contributed by atoms with van der Waals surface area (Å²) in [6, 6.07) is 14.2.